The molecule has 3 rings (SSSR count). The maximum Gasteiger partial charge on any atom is 0.407 e. The summed E-state index contributed by atoms with van der Waals surface area (Å²) >= 11 is 0. The van der Waals surface area contributed by atoms with Gasteiger partial charge in [-0.15, -0.1) is 5.10 Å². The number of ether oxygens (including phenoxy) is 3. The summed E-state index contributed by atoms with van der Waals surface area (Å²) < 4.78 is 17.8. The molecule has 2 aromatic rings. The number of alkyl carbamates (subject to hydrolysis) is 1. The second-order valence-corrected chi connectivity index (χ2v) is 8.76. The molecule has 0 spiro atoms. The number of nitrogens with one attached hydrogen (secondary N) is 1. The number of hydrogen-bond donors (Lipinski definition) is 1. The molecule has 2 heterocycles. The minimum atomic E-state index is -0.485. The Morgan fingerprint density at radius 1 is 1.27 bits per heavy atom. The van der Waals surface area contributed by atoms with E-state index >= 15 is 0 Å². The molecule has 10 heteroatoms. The predicted octanol–water partition coefficient (Wildman–Crippen LogP) is 3.18. The molecule has 0 saturated heterocycles. The zero-order valence-electron chi connectivity index (χ0n) is 20.0. The Bertz CT molecular complexity index is 974. The molecule has 33 heavy (non-hydrogen) atoms. The van der Waals surface area contributed by atoms with Gasteiger partial charge in [0.2, 0.25) is 0 Å². The third-order valence-electron chi connectivity index (χ3n) is 5.62. The number of aromatic nitrogens is 4. The molecular weight excluding hydrogens is 426 g/mol. The average Bonchev–Trinajstić information content (AvgIpc) is 3.17. The summed E-state index contributed by atoms with van der Waals surface area (Å²) in [6.07, 6.45) is 2.74. The Morgan fingerprint density at radius 2 is 2.06 bits per heavy atom. The zero-order valence-corrected chi connectivity index (χ0v) is 20.0. The zero-order chi connectivity index (χ0) is 24.0. The van der Waals surface area contributed by atoms with E-state index in [9.17, 15) is 9.59 Å². The van der Waals surface area contributed by atoms with Crippen LogP contribution >= 0.6 is 0 Å². The van der Waals surface area contributed by atoms with E-state index in [0.29, 0.717) is 41.6 Å². The Morgan fingerprint density at radius 3 is 2.76 bits per heavy atom. The maximum atomic E-state index is 11.9. The molecule has 1 N–H and O–H groups in total. The number of methoxy groups -OCH3 is 1. The molecule has 1 aliphatic carbocycles. The van der Waals surface area contributed by atoms with Crippen molar-refractivity contribution in [2.45, 2.75) is 59.1 Å². The van der Waals surface area contributed by atoms with Gasteiger partial charge in [-0.1, -0.05) is 19.1 Å². The molecule has 1 aliphatic rings. The van der Waals surface area contributed by atoms with E-state index in [4.69, 9.17) is 14.2 Å². The Kier molecular flexibility index (Phi) is 8.24. The topological polar surface area (TPSA) is 117 Å². The lowest BCUT2D eigenvalue weighted by molar-refractivity contribution is -0.147. The van der Waals surface area contributed by atoms with Gasteiger partial charge < -0.3 is 19.5 Å². The number of nitrogens with zero attached hydrogens (tertiary/aromatic N) is 4. The summed E-state index contributed by atoms with van der Waals surface area (Å²) in [6.45, 7) is 6.39. The van der Waals surface area contributed by atoms with E-state index in [0.717, 1.165) is 19.3 Å². The van der Waals surface area contributed by atoms with Gasteiger partial charge >= 0.3 is 12.1 Å². The number of esters is 1. The van der Waals surface area contributed by atoms with Gasteiger partial charge in [0.15, 0.2) is 0 Å². The lowest BCUT2D eigenvalue weighted by Crippen LogP contribution is -2.30. The van der Waals surface area contributed by atoms with Crippen LogP contribution in [-0.4, -0.2) is 51.9 Å². The third-order valence-corrected chi connectivity index (χ3v) is 5.62. The highest BCUT2D eigenvalue weighted by atomic mass is 16.5. The second-order valence-electron chi connectivity index (χ2n) is 8.76. The standard InChI is InChI=1S/C23H33N5O5/c1-14(2)13-32-23(30)24-12-19-21(26-27-28(19)4)18-9-10-20(15(3)25-18)33-17-8-6-7-16(11-17)22(29)31-5/h9-10,14,16-17H,6-8,11-13H2,1-5H3,(H,24,30)/t16-,17-/m0/s1. The molecule has 0 aliphatic heterocycles. The largest absolute Gasteiger partial charge is 0.489 e. The first kappa shape index (κ1) is 24.5. The minimum Gasteiger partial charge on any atom is -0.489 e. The number of rotatable bonds is 8. The summed E-state index contributed by atoms with van der Waals surface area (Å²) in [4.78, 5) is 28.5. The van der Waals surface area contributed by atoms with Crippen molar-refractivity contribution in [1.82, 2.24) is 25.3 Å². The Hall–Kier alpha value is -3.17. The average molecular weight is 460 g/mol. The number of amides is 1. The smallest absolute Gasteiger partial charge is 0.407 e. The van der Waals surface area contributed by atoms with Crippen molar-refractivity contribution in [2.75, 3.05) is 13.7 Å². The SMILES string of the molecule is COC(=O)[C@H]1CCC[C@H](Oc2ccc(-c3nnn(C)c3CNC(=O)OCC(C)C)nc2C)C1. The van der Waals surface area contributed by atoms with Crippen LogP contribution in [0.15, 0.2) is 12.1 Å². The molecular formula is C23H33N5O5. The van der Waals surface area contributed by atoms with Gasteiger partial charge in [0.1, 0.15) is 11.4 Å². The van der Waals surface area contributed by atoms with Crippen LogP contribution in [0.3, 0.4) is 0 Å². The van der Waals surface area contributed by atoms with Crippen molar-refractivity contribution in [3.63, 3.8) is 0 Å². The summed E-state index contributed by atoms with van der Waals surface area (Å²) in [6, 6.07) is 3.69. The van der Waals surface area contributed by atoms with E-state index in [2.05, 4.69) is 20.6 Å². The van der Waals surface area contributed by atoms with Crippen molar-refractivity contribution < 1.29 is 23.8 Å². The van der Waals surface area contributed by atoms with Gasteiger partial charge in [-0.25, -0.2) is 14.5 Å². The van der Waals surface area contributed by atoms with E-state index in [-0.39, 0.29) is 30.5 Å². The molecule has 1 saturated carbocycles. The fourth-order valence-corrected chi connectivity index (χ4v) is 3.84. The van der Waals surface area contributed by atoms with E-state index < -0.39 is 6.09 Å². The van der Waals surface area contributed by atoms with E-state index in [1.54, 1.807) is 11.7 Å². The van der Waals surface area contributed by atoms with Gasteiger partial charge in [-0.3, -0.25) is 4.79 Å². The number of hydrogen-bond acceptors (Lipinski definition) is 8. The van der Waals surface area contributed by atoms with Crippen LogP contribution in [0.4, 0.5) is 4.79 Å². The molecule has 10 nitrogen and oxygen atoms in total. The molecule has 2 aromatic heterocycles. The quantitative estimate of drug-likeness (QED) is 0.598. The molecule has 1 amide bonds. The van der Waals surface area contributed by atoms with Gasteiger partial charge in [0, 0.05) is 7.05 Å². The van der Waals surface area contributed by atoms with Gasteiger partial charge in [-0.05, 0) is 50.7 Å². The number of carbonyl (C=O) groups excluding carboxylic acids is 2. The first-order valence-corrected chi connectivity index (χ1v) is 11.3. The van der Waals surface area contributed by atoms with Crippen molar-refractivity contribution in [3.8, 4) is 17.1 Å². The highest BCUT2D eigenvalue weighted by Crippen LogP contribution is 2.30. The van der Waals surface area contributed by atoms with Crippen molar-refractivity contribution in [2.24, 2.45) is 18.9 Å². The molecule has 0 bridgehead atoms. The van der Waals surface area contributed by atoms with E-state index in [1.165, 1.54) is 7.11 Å². The Balaban J connectivity index is 1.67. The van der Waals surface area contributed by atoms with Crippen LogP contribution < -0.4 is 10.1 Å². The number of pyridine rings is 1. The van der Waals surface area contributed by atoms with Crippen LogP contribution in [0.5, 0.6) is 5.75 Å². The molecule has 0 aromatic carbocycles. The molecule has 2 atom stereocenters. The first-order valence-electron chi connectivity index (χ1n) is 11.3. The predicted molar refractivity (Wildman–Crippen MR) is 120 cm³/mol. The normalized spacial score (nSPS) is 18.1. The third kappa shape index (κ3) is 6.43. The molecule has 180 valence electrons. The van der Waals surface area contributed by atoms with Gasteiger partial charge in [-0.2, -0.15) is 0 Å². The van der Waals surface area contributed by atoms with Crippen LogP contribution in [0.2, 0.25) is 0 Å². The summed E-state index contributed by atoms with van der Waals surface area (Å²) in [7, 11) is 3.18. The molecule has 0 unspecified atom stereocenters. The van der Waals surface area contributed by atoms with Crippen molar-refractivity contribution in [1.29, 1.82) is 0 Å². The van der Waals surface area contributed by atoms with Crippen LogP contribution in [0, 0.1) is 18.8 Å². The van der Waals surface area contributed by atoms with Crippen molar-refractivity contribution >= 4 is 12.1 Å². The van der Waals surface area contributed by atoms with Crippen LogP contribution in [0.25, 0.3) is 11.4 Å². The Labute approximate surface area is 194 Å². The number of aryl methyl sites for hydroxylation is 2. The summed E-state index contributed by atoms with van der Waals surface area (Å²) in [5.41, 5.74) is 2.65. The lowest BCUT2D eigenvalue weighted by Gasteiger charge is -2.28. The van der Waals surface area contributed by atoms with Gasteiger partial charge in [0.25, 0.3) is 0 Å². The molecule has 0 radical (unpaired) electrons. The van der Waals surface area contributed by atoms with Gasteiger partial charge in [0.05, 0.1) is 49.4 Å². The van der Waals surface area contributed by atoms with Crippen LogP contribution in [0.1, 0.15) is 50.9 Å². The summed E-state index contributed by atoms with van der Waals surface area (Å²) in [5.74, 6) is 0.640. The highest BCUT2D eigenvalue weighted by molar-refractivity contribution is 5.72. The molecule has 1 fully saturated rings. The first-order chi connectivity index (χ1) is 15.8. The fraction of sp³-hybridized carbons (Fsp3) is 0.609. The lowest BCUT2D eigenvalue weighted by atomic mass is 9.87. The highest BCUT2D eigenvalue weighted by Gasteiger charge is 2.29. The van der Waals surface area contributed by atoms with E-state index in [1.807, 2.05) is 32.9 Å². The van der Waals surface area contributed by atoms with Crippen molar-refractivity contribution in [3.05, 3.63) is 23.5 Å². The monoisotopic (exact) mass is 459 g/mol. The fourth-order valence-electron chi connectivity index (χ4n) is 3.84. The minimum absolute atomic E-state index is 0.0534. The summed E-state index contributed by atoms with van der Waals surface area (Å²) in [5, 5.41) is 11.1. The maximum absolute atomic E-state index is 11.9. The number of carbonyl (C=O) groups is 2. The second kappa shape index (κ2) is 11.1. The van der Waals surface area contributed by atoms with Crippen LogP contribution in [-0.2, 0) is 27.9 Å².